The van der Waals surface area contributed by atoms with Crippen LogP contribution in [0.3, 0.4) is 0 Å². The molecule has 37 heavy (non-hydrogen) atoms. The highest BCUT2D eigenvalue weighted by Crippen LogP contribution is 2.31. The minimum Gasteiger partial charge on any atom is -0.417 e. The van der Waals surface area contributed by atoms with Crippen LogP contribution in [0, 0.1) is 11.7 Å². The fourth-order valence-electron chi connectivity index (χ4n) is 4.22. The van der Waals surface area contributed by atoms with Crippen LogP contribution >= 0.6 is 0 Å². The van der Waals surface area contributed by atoms with Crippen LogP contribution in [0.15, 0.2) is 59.0 Å². The first-order valence-corrected chi connectivity index (χ1v) is 12.1. The molecule has 1 aliphatic rings. The summed E-state index contributed by atoms with van der Waals surface area (Å²) in [5, 5.41) is 13.9. The van der Waals surface area contributed by atoms with Crippen molar-refractivity contribution in [1.29, 1.82) is 0 Å². The van der Waals surface area contributed by atoms with E-state index in [9.17, 15) is 18.8 Å². The highest BCUT2D eigenvalue weighted by molar-refractivity contribution is 5.99. The number of nitrogens with zero attached hydrogens (tertiary/aromatic N) is 4. The maximum atomic E-state index is 13.4. The number of ketones is 1. The van der Waals surface area contributed by atoms with Crippen molar-refractivity contribution in [1.82, 2.24) is 20.5 Å². The smallest absolute Gasteiger partial charge is 0.286 e. The molecule has 1 saturated heterocycles. The molecule has 0 radical (unpaired) electrons. The Morgan fingerprint density at radius 2 is 1.76 bits per heavy atom. The van der Waals surface area contributed by atoms with Gasteiger partial charge in [-0.2, -0.15) is 0 Å². The summed E-state index contributed by atoms with van der Waals surface area (Å²) in [6, 6.07) is 14.3. The number of para-hydroxylation sites is 1. The van der Waals surface area contributed by atoms with Gasteiger partial charge in [-0.15, -0.1) is 10.2 Å². The number of anilines is 1. The van der Waals surface area contributed by atoms with E-state index >= 15 is 0 Å². The van der Waals surface area contributed by atoms with Crippen LogP contribution in [0.1, 0.15) is 56.3 Å². The summed E-state index contributed by atoms with van der Waals surface area (Å²) in [6.07, 6.45) is 0.295. The quantitative estimate of drug-likeness (QED) is 0.442. The largest absolute Gasteiger partial charge is 0.417 e. The van der Waals surface area contributed by atoms with Gasteiger partial charge >= 0.3 is 0 Å². The van der Waals surface area contributed by atoms with Crippen LogP contribution < -0.4 is 10.3 Å². The number of benzene rings is 2. The molecule has 1 aromatic heterocycles. The first-order chi connectivity index (χ1) is 17.6. The number of amides is 2. The number of Topliss-reactive ketones (excluding diaryl/α,β-unsaturated/α-hetero) is 1. The lowest BCUT2D eigenvalue weighted by molar-refractivity contribution is -0.133. The number of hydrogen-bond donors (Lipinski definition) is 1. The third-order valence-corrected chi connectivity index (χ3v) is 6.47. The highest BCUT2D eigenvalue weighted by atomic mass is 19.1. The molecule has 3 aromatic rings. The molecular weight excluding hydrogens is 477 g/mol. The third-order valence-electron chi connectivity index (χ3n) is 6.47. The lowest BCUT2D eigenvalue weighted by Crippen LogP contribution is -2.51. The van der Waals surface area contributed by atoms with Crippen molar-refractivity contribution in [2.24, 2.45) is 5.92 Å². The van der Waals surface area contributed by atoms with Crippen molar-refractivity contribution in [3.63, 3.8) is 0 Å². The first kappa shape index (κ1) is 26.0. The van der Waals surface area contributed by atoms with E-state index < -0.39 is 23.1 Å². The van der Waals surface area contributed by atoms with Crippen LogP contribution in [0.25, 0.3) is 0 Å². The predicted octanol–water partition coefficient (Wildman–Crippen LogP) is 3.51. The Morgan fingerprint density at radius 1 is 1.08 bits per heavy atom. The molecule has 9 nitrogen and oxygen atoms in total. The lowest BCUT2D eigenvalue weighted by atomic mass is 9.84. The van der Waals surface area contributed by atoms with E-state index in [1.807, 2.05) is 44.2 Å². The van der Waals surface area contributed by atoms with E-state index in [0.717, 1.165) is 11.3 Å². The van der Waals surface area contributed by atoms with Crippen LogP contribution in [0.4, 0.5) is 10.1 Å². The molecule has 1 atom stereocenters. The molecule has 4 rings (SSSR count). The molecule has 2 aromatic carbocycles. The second-order valence-electron chi connectivity index (χ2n) is 9.86. The Bertz CT molecular complexity index is 1270. The molecule has 0 aliphatic carbocycles. The summed E-state index contributed by atoms with van der Waals surface area (Å²) in [5.74, 6) is -1.85. The molecule has 1 aliphatic heterocycles. The zero-order valence-corrected chi connectivity index (χ0v) is 21.3. The maximum Gasteiger partial charge on any atom is 0.286 e. The first-order valence-electron chi connectivity index (χ1n) is 12.1. The summed E-state index contributed by atoms with van der Waals surface area (Å²) in [7, 11) is 0. The zero-order valence-electron chi connectivity index (χ0n) is 21.3. The molecule has 2 heterocycles. The minimum atomic E-state index is -0.933. The number of carbonyl (C=O) groups is 3. The summed E-state index contributed by atoms with van der Waals surface area (Å²) >= 11 is 0. The van der Waals surface area contributed by atoms with Crippen LogP contribution in [0.2, 0.25) is 0 Å². The summed E-state index contributed by atoms with van der Waals surface area (Å²) < 4.78 is 19.1. The van der Waals surface area contributed by atoms with Gasteiger partial charge < -0.3 is 9.73 Å². The average Bonchev–Trinajstić information content (AvgIpc) is 3.51. The monoisotopic (exact) mass is 507 g/mol. The number of halogens is 1. The second-order valence-corrected chi connectivity index (χ2v) is 9.86. The average molecular weight is 508 g/mol. The van der Waals surface area contributed by atoms with Crippen molar-refractivity contribution < 1.29 is 23.2 Å². The van der Waals surface area contributed by atoms with Gasteiger partial charge in [-0.3, -0.25) is 19.4 Å². The lowest BCUT2D eigenvalue weighted by Gasteiger charge is -2.30. The summed E-state index contributed by atoms with van der Waals surface area (Å²) in [4.78, 5) is 38.7. The molecule has 1 fully saturated rings. The van der Waals surface area contributed by atoms with Gasteiger partial charge in [-0.25, -0.2) is 9.40 Å². The Kier molecular flexibility index (Phi) is 7.37. The van der Waals surface area contributed by atoms with Gasteiger partial charge in [0.2, 0.25) is 23.5 Å². The van der Waals surface area contributed by atoms with E-state index in [2.05, 4.69) is 15.5 Å². The number of nitrogens with one attached hydrogen (secondary N) is 1. The molecular formula is C27H30FN5O4. The summed E-state index contributed by atoms with van der Waals surface area (Å²) in [6.45, 7) is 7.48. The minimum absolute atomic E-state index is 0.170. The zero-order chi connectivity index (χ0) is 26.7. The topological polar surface area (TPSA) is 109 Å². The van der Waals surface area contributed by atoms with Crippen LogP contribution in [-0.4, -0.2) is 51.9 Å². The maximum absolute atomic E-state index is 13.4. The number of hydrogen-bond acceptors (Lipinski definition) is 7. The van der Waals surface area contributed by atoms with Gasteiger partial charge in [0.25, 0.3) is 5.89 Å². The molecule has 2 amide bonds. The van der Waals surface area contributed by atoms with E-state index in [1.54, 1.807) is 31.0 Å². The molecule has 10 heteroatoms. The number of aromatic nitrogens is 2. The Labute approximate surface area is 214 Å². The third kappa shape index (κ3) is 5.52. The van der Waals surface area contributed by atoms with E-state index in [-0.39, 0.29) is 36.0 Å². The summed E-state index contributed by atoms with van der Waals surface area (Å²) in [5.41, 5.74) is 0.774. The van der Waals surface area contributed by atoms with Gasteiger partial charge in [0, 0.05) is 13.0 Å². The SMILES string of the molecule is CC(C)[C@H](NC(=O)CN1C(=O)CCN1c1ccccc1)C(=O)c1nnc(C(C)(C)c2ccc(F)cc2)o1. The molecule has 0 saturated carbocycles. The molecule has 1 N–H and O–H groups in total. The molecule has 0 bridgehead atoms. The molecule has 0 unspecified atom stereocenters. The van der Waals surface area contributed by atoms with Crippen molar-refractivity contribution >= 4 is 23.3 Å². The molecule has 194 valence electrons. The van der Waals surface area contributed by atoms with Gasteiger partial charge in [0.05, 0.1) is 17.1 Å². The fourth-order valence-corrected chi connectivity index (χ4v) is 4.22. The molecule has 0 spiro atoms. The highest BCUT2D eigenvalue weighted by Gasteiger charge is 2.36. The van der Waals surface area contributed by atoms with Gasteiger partial charge in [-0.1, -0.05) is 44.2 Å². The fraction of sp³-hybridized carbons (Fsp3) is 0.370. The van der Waals surface area contributed by atoms with Crippen molar-refractivity contribution in [3.05, 3.63) is 77.8 Å². The number of hydrazine groups is 1. The Hall–Kier alpha value is -4.08. The van der Waals surface area contributed by atoms with Gasteiger partial charge in [-0.05, 0) is 49.6 Å². The van der Waals surface area contributed by atoms with Crippen molar-refractivity contribution in [2.45, 2.75) is 45.6 Å². The van der Waals surface area contributed by atoms with E-state index in [1.165, 1.54) is 17.1 Å². The van der Waals surface area contributed by atoms with E-state index in [4.69, 9.17) is 4.42 Å². The van der Waals surface area contributed by atoms with Gasteiger partial charge in [0.15, 0.2) is 0 Å². The Balaban J connectivity index is 1.47. The normalized spacial score (nSPS) is 14.8. The van der Waals surface area contributed by atoms with Crippen molar-refractivity contribution in [3.8, 4) is 0 Å². The predicted molar refractivity (Wildman–Crippen MR) is 134 cm³/mol. The van der Waals surface area contributed by atoms with Crippen LogP contribution in [0.5, 0.6) is 0 Å². The second kappa shape index (κ2) is 10.5. The number of rotatable bonds is 9. The van der Waals surface area contributed by atoms with Crippen molar-refractivity contribution in [2.75, 3.05) is 18.1 Å². The van der Waals surface area contributed by atoms with Crippen LogP contribution in [-0.2, 0) is 15.0 Å². The van der Waals surface area contributed by atoms with E-state index in [0.29, 0.717) is 13.0 Å². The standard InChI is InChI=1S/C27H30FN5O4/c1-17(2)23(29-21(34)16-33-22(35)14-15-32(33)20-8-6-5-7-9-20)24(36)25-30-31-26(37-25)27(3,4)18-10-12-19(28)13-11-18/h5-13,17,23H,14-16H2,1-4H3,(H,29,34)/t23-/m0/s1. The van der Waals surface area contributed by atoms with Gasteiger partial charge in [0.1, 0.15) is 12.4 Å². The number of carbonyl (C=O) groups excluding carboxylic acids is 3. The Morgan fingerprint density at radius 3 is 2.41 bits per heavy atom.